The van der Waals surface area contributed by atoms with Crippen LogP contribution in [0.3, 0.4) is 0 Å². The van der Waals surface area contributed by atoms with Crippen molar-refractivity contribution in [2.45, 2.75) is 40.0 Å². The molecule has 0 aliphatic rings. The second-order valence-electron chi connectivity index (χ2n) is 5.74. The van der Waals surface area contributed by atoms with E-state index in [0.29, 0.717) is 0 Å². The first-order valence-electron chi connectivity index (χ1n) is 8.65. The standard InChI is InChI=1S/C20H29NO/c1-4-7-11-19-18-12-9-8-10-17(18)13-14-20(19)22-16-15-21(5-2)6-3/h8-10,12-14H,4-7,11,15-16H2,1-3H3. The third-order valence-corrected chi connectivity index (χ3v) is 4.34. The maximum absolute atomic E-state index is 6.13. The topological polar surface area (TPSA) is 12.5 Å². The van der Waals surface area contributed by atoms with Crippen molar-refractivity contribution in [1.82, 2.24) is 4.90 Å². The Morgan fingerprint density at radius 3 is 2.45 bits per heavy atom. The minimum Gasteiger partial charge on any atom is -0.492 e. The molecule has 0 atom stereocenters. The third-order valence-electron chi connectivity index (χ3n) is 4.34. The largest absolute Gasteiger partial charge is 0.492 e. The van der Waals surface area contributed by atoms with Crippen molar-refractivity contribution in [2.75, 3.05) is 26.2 Å². The van der Waals surface area contributed by atoms with Gasteiger partial charge in [0.05, 0.1) is 0 Å². The van der Waals surface area contributed by atoms with Gasteiger partial charge in [0.15, 0.2) is 0 Å². The lowest BCUT2D eigenvalue weighted by Gasteiger charge is -2.19. The van der Waals surface area contributed by atoms with E-state index in [1.54, 1.807) is 0 Å². The summed E-state index contributed by atoms with van der Waals surface area (Å²) in [5, 5.41) is 2.65. The molecule has 0 unspecified atom stereocenters. The zero-order valence-corrected chi connectivity index (χ0v) is 14.3. The van der Waals surface area contributed by atoms with Gasteiger partial charge in [-0.05, 0) is 42.8 Å². The summed E-state index contributed by atoms with van der Waals surface area (Å²) in [6.45, 7) is 10.6. The summed E-state index contributed by atoms with van der Waals surface area (Å²) in [5.74, 6) is 1.07. The van der Waals surface area contributed by atoms with E-state index in [2.05, 4.69) is 62.1 Å². The molecule has 0 bridgehead atoms. The van der Waals surface area contributed by atoms with Crippen molar-refractivity contribution in [1.29, 1.82) is 0 Å². The minimum absolute atomic E-state index is 0.763. The SMILES string of the molecule is CCCCc1c(OCCN(CC)CC)ccc2ccccc12. The number of ether oxygens (including phenoxy) is 1. The van der Waals surface area contributed by atoms with E-state index in [0.717, 1.165) is 38.4 Å². The molecule has 2 rings (SSSR count). The maximum Gasteiger partial charge on any atom is 0.123 e. The molecule has 22 heavy (non-hydrogen) atoms. The van der Waals surface area contributed by atoms with Crippen LogP contribution in [0, 0.1) is 0 Å². The molecular weight excluding hydrogens is 270 g/mol. The summed E-state index contributed by atoms with van der Waals surface area (Å²) < 4.78 is 6.13. The molecule has 2 aromatic carbocycles. The van der Waals surface area contributed by atoms with Crippen LogP contribution >= 0.6 is 0 Å². The lowest BCUT2D eigenvalue weighted by atomic mass is 9.99. The number of unbranched alkanes of at least 4 members (excludes halogenated alkanes) is 1. The highest BCUT2D eigenvalue weighted by atomic mass is 16.5. The van der Waals surface area contributed by atoms with Crippen LogP contribution in [0.4, 0.5) is 0 Å². The number of hydrogen-bond acceptors (Lipinski definition) is 2. The summed E-state index contributed by atoms with van der Waals surface area (Å²) in [6.07, 6.45) is 3.51. The Labute approximate surface area is 135 Å². The molecular formula is C20H29NO. The summed E-state index contributed by atoms with van der Waals surface area (Å²) in [4.78, 5) is 2.40. The molecule has 0 amide bonds. The average molecular weight is 299 g/mol. The van der Waals surface area contributed by atoms with Gasteiger partial charge in [0.25, 0.3) is 0 Å². The Kier molecular flexibility index (Phi) is 6.73. The van der Waals surface area contributed by atoms with Crippen LogP contribution in [0.2, 0.25) is 0 Å². The van der Waals surface area contributed by atoms with Gasteiger partial charge in [0.1, 0.15) is 12.4 Å². The molecule has 0 aliphatic heterocycles. The molecule has 2 heteroatoms. The molecule has 2 aromatic rings. The van der Waals surface area contributed by atoms with Crippen molar-refractivity contribution in [3.63, 3.8) is 0 Å². The quantitative estimate of drug-likeness (QED) is 0.653. The highest BCUT2D eigenvalue weighted by Gasteiger charge is 2.09. The van der Waals surface area contributed by atoms with Crippen molar-refractivity contribution < 1.29 is 4.74 Å². The van der Waals surface area contributed by atoms with E-state index in [1.165, 1.54) is 29.2 Å². The Balaban J connectivity index is 2.16. The first-order valence-corrected chi connectivity index (χ1v) is 8.65. The maximum atomic E-state index is 6.13. The normalized spacial score (nSPS) is 11.3. The van der Waals surface area contributed by atoms with E-state index in [9.17, 15) is 0 Å². The lowest BCUT2D eigenvalue weighted by Crippen LogP contribution is -2.28. The Morgan fingerprint density at radius 1 is 0.955 bits per heavy atom. The Bertz CT molecular complexity index is 575. The van der Waals surface area contributed by atoms with Gasteiger partial charge < -0.3 is 9.64 Å². The number of fused-ring (bicyclic) bond motifs is 1. The fourth-order valence-corrected chi connectivity index (χ4v) is 2.89. The van der Waals surface area contributed by atoms with E-state index >= 15 is 0 Å². The smallest absolute Gasteiger partial charge is 0.123 e. The second-order valence-corrected chi connectivity index (χ2v) is 5.74. The summed E-state index contributed by atoms with van der Waals surface area (Å²) in [6, 6.07) is 13.0. The minimum atomic E-state index is 0.763. The molecule has 0 aliphatic carbocycles. The number of rotatable bonds is 9. The zero-order chi connectivity index (χ0) is 15.8. The van der Waals surface area contributed by atoms with E-state index < -0.39 is 0 Å². The summed E-state index contributed by atoms with van der Waals surface area (Å²) in [7, 11) is 0. The fraction of sp³-hybridized carbons (Fsp3) is 0.500. The summed E-state index contributed by atoms with van der Waals surface area (Å²) in [5.41, 5.74) is 1.37. The third kappa shape index (κ3) is 4.23. The van der Waals surface area contributed by atoms with Crippen LogP contribution in [0.5, 0.6) is 5.75 Å². The molecule has 0 aromatic heterocycles. The van der Waals surface area contributed by atoms with E-state index in [1.807, 2.05) is 0 Å². The number of hydrogen-bond donors (Lipinski definition) is 0. The molecule has 0 spiro atoms. The molecule has 0 radical (unpaired) electrons. The molecule has 0 saturated heterocycles. The average Bonchev–Trinajstić information content (AvgIpc) is 2.57. The molecule has 0 fully saturated rings. The van der Waals surface area contributed by atoms with Crippen molar-refractivity contribution in [3.05, 3.63) is 42.0 Å². The predicted octanol–water partition coefficient (Wildman–Crippen LogP) is 4.90. The Hall–Kier alpha value is -1.54. The Morgan fingerprint density at radius 2 is 1.73 bits per heavy atom. The predicted molar refractivity (Wildman–Crippen MR) is 95.8 cm³/mol. The summed E-state index contributed by atoms with van der Waals surface area (Å²) >= 11 is 0. The van der Waals surface area contributed by atoms with Gasteiger partial charge in [-0.3, -0.25) is 0 Å². The van der Waals surface area contributed by atoms with E-state index in [4.69, 9.17) is 4.74 Å². The monoisotopic (exact) mass is 299 g/mol. The highest BCUT2D eigenvalue weighted by Crippen LogP contribution is 2.29. The van der Waals surface area contributed by atoms with Crippen LogP contribution in [-0.4, -0.2) is 31.1 Å². The van der Waals surface area contributed by atoms with Crippen LogP contribution in [-0.2, 0) is 6.42 Å². The number of nitrogens with zero attached hydrogens (tertiary/aromatic N) is 1. The van der Waals surface area contributed by atoms with Gasteiger partial charge in [-0.15, -0.1) is 0 Å². The number of aryl methyl sites for hydroxylation is 1. The van der Waals surface area contributed by atoms with Gasteiger partial charge in [0, 0.05) is 12.1 Å². The molecule has 0 N–H and O–H groups in total. The van der Waals surface area contributed by atoms with Crippen molar-refractivity contribution in [2.24, 2.45) is 0 Å². The van der Waals surface area contributed by atoms with Gasteiger partial charge in [-0.1, -0.05) is 57.5 Å². The zero-order valence-electron chi connectivity index (χ0n) is 14.3. The molecule has 2 nitrogen and oxygen atoms in total. The van der Waals surface area contributed by atoms with Gasteiger partial charge in [-0.25, -0.2) is 0 Å². The molecule has 0 saturated carbocycles. The second kappa shape index (κ2) is 8.79. The number of benzene rings is 2. The van der Waals surface area contributed by atoms with Crippen LogP contribution in [0.25, 0.3) is 10.8 Å². The van der Waals surface area contributed by atoms with Crippen LogP contribution in [0.1, 0.15) is 39.2 Å². The molecule has 0 heterocycles. The van der Waals surface area contributed by atoms with Gasteiger partial charge >= 0.3 is 0 Å². The van der Waals surface area contributed by atoms with Gasteiger partial charge in [0.2, 0.25) is 0 Å². The van der Waals surface area contributed by atoms with Crippen molar-refractivity contribution in [3.8, 4) is 5.75 Å². The first kappa shape index (κ1) is 16.8. The van der Waals surface area contributed by atoms with Crippen LogP contribution < -0.4 is 4.74 Å². The fourth-order valence-electron chi connectivity index (χ4n) is 2.89. The first-order chi connectivity index (χ1) is 10.8. The molecule has 120 valence electrons. The number of likely N-dealkylation sites (N-methyl/N-ethyl adjacent to an activating group) is 1. The van der Waals surface area contributed by atoms with Gasteiger partial charge in [-0.2, -0.15) is 0 Å². The lowest BCUT2D eigenvalue weighted by molar-refractivity contribution is 0.222. The van der Waals surface area contributed by atoms with Crippen LogP contribution in [0.15, 0.2) is 36.4 Å². The van der Waals surface area contributed by atoms with E-state index in [-0.39, 0.29) is 0 Å². The highest BCUT2D eigenvalue weighted by molar-refractivity contribution is 5.87. The van der Waals surface area contributed by atoms with Crippen molar-refractivity contribution >= 4 is 10.8 Å².